The van der Waals surface area contributed by atoms with Crippen LogP contribution in [-0.2, 0) is 6.42 Å². The third kappa shape index (κ3) is 4.03. The van der Waals surface area contributed by atoms with Crippen molar-refractivity contribution in [3.63, 3.8) is 0 Å². The molecular formula is C17H18ClN3O2. The molecule has 0 aliphatic heterocycles. The topological polar surface area (TPSA) is 80.1 Å². The minimum Gasteiger partial charge on any atom is -0.410 e. The number of ether oxygens (including phenoxy) is 1. The average molecular weight is 332 g/mol. The number of amides is 1. The number of carbonyl (C=O) groups excluding carboxylic acids is 1. The van der Waals surface area contributed by atoms with Crippen LogP contribution in [0.1, 0.15) is 5.56 Å². The van der Waals surface area contributed by atoms with E-state index in [0.717, 1.165) is 22.9 Å². The molecular weight excluding hydrogens is 314 g/mol. The van der Waals surface area contributed by atoms with Crippen LogP contribution in [0.25, 0.3) is 10.9 Å². The average Bonchev–Trinajstić information content (AvgIpc) is 2.91. The van der Waals surface area contributed by atoms with E-state index >= 15 is 0 Å². The number of fused-ring (bicyclic) bond motifs is 1. The lowest BCUT2D eigenvalue weighted by Gasteiger charge is -2.07. The highest BCUT2D eigenvalue weighted by Crippen LogP contribution is 2.24. The Hall–Kier alpha value is -2.50. The number of H-pyrrole nitrogens is 1. The summed E-state index contributed by atoms with van der Waals surface area (Å²) in [5.41, 5.74) is 8.42. The van der Waals surface area contributed by atoms with Gasteiger partial charge in [-0.05, 0) is 48.9 Å². The molecule has 0 saturated carbocycles. The van der Waals surface area contributed by atoms with E-state index in [1.165, 1.54) is 0 Å². The van der Waals surface area contributed by atoms with Gasteiger partial charge in [-0.15, -0.1) is 12.4 Å². The maximum Gasteiger partial charge on any atom is 0.417 e. The number of para-hydroxylation sites is 1. The number of nitrogens with one attached hydrogen (secondary N) is 2. The monoisotopic (exact) mass is 331 g/mol. The van der Waals surface area contributed by atoms with Crippen molar-refractivity contribution >= 4 is 35.1 Å². The molecule has 1 aromatic heterocycles. The zero-order valence-corrected chi connectivity index (χ0v) is 13.2. The Bertz CT molecular complexity index is 787. The number of hydrogen-bond acceptors (Lipinski definition) is 3. The molecule has 0 fully saturated rings. The van der Waals surface area contributed by atoms with Crippen molar-refractivity contribution < 1.29 is 9.53 Å². The Morgan fingerprint density at radius 2 is 1.96 bits per heavy atom. The van der Waals surface area contributed by atoms with Crippen LogP contribution in [0.2, 0.25) is 0 Å². The van der Waals surface area contributed by atoms with E-state index in [2.05, 4.69) is 10.3 Å². The number of rotatable bonds is 4. The number of nitrogens with two attached hydrogens (primary N) is 1. The van der Waals surface area contributed by atoms with Gasteiger partial charge in [0, 0.05) is 22.8 Å². The Labute approximate surface area is 140 Å². The molecule has 4 N–H and O–H groups in total. The molecule has 3 aromatic rings. The van der Waals surface area contributed by atoms with E-state index < -0.39 is 6.09 Å². The molecule has 0 unspecified atom stereocenters. The summed E-state index contributed by atoms with van der Waals surface area (Å²) >= 11 is 0. The number of aromatic nitrogens is 1. The standard InChI is InChI=1S/C17H17N3O2.ClH/c18-9-8-12-11-19-16-7-6-14(10-15(12)16)22-17(21)20-13-4-2-1-3-5-13;/h1-7,10-11,19H,8-9,18H2,(H,20,21);1H. The second-order valence-electron chi connectivity index (χ2n) is 4.94. The summed E-state index contributed by atoms with van der Waals surface area (Å²) in [7, 11) is 0. The van der Waals surface area contributed by atoms with Crippen LogP contribution in [-0.4, -0.2) is 17.6 Å². The maximum atomic E-state index is 11.9. The summed E-state index contributed by atoms with van der Waals surface area (Å²) in [6.45, 7) is 0.576. The van der Waals surface area contributed by atoms with Crippen LogP contribution in [0.4, 0.5) is 10.5 Å². The van der Waals surface area contributed by atoms with Gasteiger partial charge >= 0.3 is 6.09 Å². The fourth-order valence-corrected chi connectivity index (χ4v) is 2.36. The Kier molecular flexibility index (Phi) is 5.62. The van der Waals surface area contributed by atoms with Crippen molar-refractivity contribution in [1.29, 1.82) is 0 Å². The van der Waals surface area contributed by atoms with E-state index in [1.807, 2.05) is 36.5 Å². The SMILES string of the molecule is Cl.NCCc1c[nH]c2ccc(OC(=O)Nc3ccccc3)cc12. The van der Waals surface area contributed by atoms with Crippen molar-refractivity contribution in [2.45, 2.75) is 6.42 Å². The summed E-state index contributed by atoms with van der Waals surface area (Å²) in [4.78, 5) is 15.1. The van der Waals surface area contributed by atoms with Gasteiger partial charge in [0.1, 0.15) is 5.75 Å². The molecule has 5 nitrogen and oxygen atoms in total. The Morgan fingerprint density at radius 1 is 1.17 bits per heavy atom. The number of hydrogen-bond donors (Lipinski definition) is 3. The van der Waals surface area contributed by atoms with Crippen molar-refractivity contribution in [2.24, 2.45) is 5.73 Å². The molecule has 120 valence electrons. The van der Waals surface area contributed by atoms with E-state index in [1.54, 1.807) is 18.2 Å². The van der Waals surface area contributed by atoms with Crippen LogP contribution in [0.15, 0.2) is 54.7 Å². The fourth-order valence-electron chi connectivity index (χ4n) is 2.36. The lowest BCUT2D eigenvalue weighted by Crippen LogP contribution is -2.16. The van der Waals surface area contributed by atoms with Gasteiger partial charge < -0.3 is 15.5 Å². The predicted molar refractivity (Wildman–Crippen MR) is 94.4 cm³/mol. The van der Waals surface area contributed by atoms with Crippen LogP contribution in [0.5, 0.6) is 5.75 Å². The molecule has 2 aromatic carbocycles. The molecule has 1 heterocycles. The van der Waals surface area contributed by atoms with Gasteiger partial charge in [0.15, 0.2) is 0 Å². The molecule has 0 bridgehead atoms. The lowest BCUT2D eigenvalue weighted by atomic mass is 10.1. The zero-order chi connectivity index (χ0) is 15.4. The molecule has 0 atom stereocenters. The highest BCUT2D eigenvalue weighted by atomic mass is 35.5. The third-order valence-corrected chi connectivity index (χ3v) is 3.38. The lowest BCUT2D eigenvalue weighted by molar-refractivity contribution is 0.215. The van der Waals surface area contributed by atoms with Gasteiger partial charge in [-0.2, -0.15) is 0 Å². The zero-order valence-electron chi connectivity index (χ0n) is 12.4. The van der Waals surface area contributed by atoms with Gasteiger partial charge in [0.25, 0.3) is 0 Å². The highest BCUT2D eigenvalue weighted by molar-refractivity contribution is 5.88. The number of aromatic amines is 1. The molecule has 6 heteroatoms. The molecule has 0 aliphatic carbocycles. The summed E-state index contributed by atoms with van der Waals surface area (Å²) in [6, 6.07) is 14.7. The first kappa shape index (κ1) is 16.9. The first-order valence-corrected chi connectivity index (χ1v) is 7.10. The van der Waals surface area contributed by atoms with Gasteiger partial charge in [-0.3, -0.25) is 5.32 Å². The molecule has 0 radical (unpaired) electrons. The minimum atomic E-state index is -0.513. The molecule has 0 spiro atoms. The Balaban J connectivity index is 0.00000192. The third-order valence-electron chi connectivity index (χ3n) is 3.38. The van der Waals surface area contributed by atoms with Crippen LogP contribution >= 0.6 is 12.4 Å². The first-order valence-electron chi connectivity index (χ1n) is 7.10. The van der Waals surface area contributed by atoms with Gasteiger partial charge in [0.05, 0.1) is 0 Å². The quantitative estimate of drug-likeness (QED) is 0.682. The van der Waals surface area contributed by atoms with E-state index in [0.29, 0.717) is 18.0 Å². The van der Waals surface area contributed by atoms with Gasteiger partial charge in [-0.1, -0.05) is 18.2 Å². The molecule has 23 heavy (non-hydrogen) atoms. The summed E-state index contributed by atoms with van der Waals surface area (Å²) in [6.07, 6.45) is 2.20. The van der Waals surface area contributed by atoms with Crippen LogP contribution < -0.4 is 15.8 Å². The second kappa shape index (κ2) is 7.67. The minimum absolute atomic E-state index is 0. The largest absolute Gasteiger partial charge is 0.417 e. The van der Waals surface area contributed by atoms with Crippen molar-refractivity contribution in [1.82, 2.24) is 4.98 Å². The molecule has 0 aliphatic rings. The second-order valence-corrected chi connectivity index (χ2v) is 4.94. The number of halogens is 1. The predicted octanol–water partition coefficient (Wildman–Crippen LogP) is 3.70. The summed E-state index contributed by atoms with van der Waals surface area (Å²) in [5, 5.41) is 3.71. The number of anilines is 1. The van der Waals surface area contributed by atoms with E-state index in [-0.39, 0.29) is 12.4 Å². The number of carbonyl (C=O) groups is 1. The van der Waals surface area contributed by atoms with E-state index in [4.69, 9.17) is 10.5 Å². The smallest absolute Gasteiger partial charge is 0.410 e. The summed E-state index contributed by atoms with van der Waals surface area (Å²) < 4.78 is 5.33. The highest BCUT2D eigenvalue weighted by Gasteiger charge is 2.08. The summed E-state index contributed by atoms with van der Waals surface area (Å²) in [5.74, 6) is 0.499. The maximum absolute atomic E-state index is 11.9. The van der Waals surface area contributed by atoms with Crippen molar-refractivity contribution in [3.05, 3.63) is 60.3 Å². The van der Waals surface area contributed by atoms with Crippen LogP contribution in [0, 0.1) is 0 Å². The van der Waals surface area contributed by atoms with E-state index in [9.17, 15) is 4.79 Å². The van der Waals surface area contributed by atoms with Crippen molar-refractivity contribution in [2.75, 3.05) is 11.9 Å². The number of benzene rings is 2. The molecule has 1 amide bonds. The fraction of sp³-hybridized carbons (Fsp3) is 0.118. The Morgan fingerprint density at radius 3 is 2.70 bits per heavy atom. The first-order chi connectivity index (χ1) is 10.8. The van der Waals surface area contributed by atoms with Crippen LogP contribution in [0.3, 0.4) is 0 Å². The van der Waals surface area contributed by atoms with Gasteiger partial charge in [-0.25, -0.2) is 4.79 Å². The molecule has 0 saturated heterocycles. The van der Waals surface area contributed by atoms with Gasteiger partial charge in [0.2, 0.25) is 0 Å². The normalized spacial score (nSPS) is 10.1. The van der Waals surface area contributed by atoms with Crippen molar-refractivity contribution in [3.8, 4) is 5.75 Å². The molecule has 3 rings (SSSR count).